The first-order chi connectivity index (χ1) is 11.6. The van der Waals surface area contributed by atoms with E-state index in [0.29, 0.717) is 17.4 Å². The van der Waals surface area contributed by atoms with Crippen LogP contribution in [0.15, 0.2) is 42.6 Å². The minimum atomic E-state index is -0.415. The number of carbonyl (C=O) groups excluding carboxylic acids is 2. The van der Waals surface area contributed by atoms with Crippen molar-refractivity contribution in [2.45, 2.75) is 19.8 Å². The van der Waals surface area contributed by atoms with Crippen LogP contribution in [0.2, 0.25) is 5.02 Å². The lowest BCUT2D eigenvalue weighted by Crippen LogP contribution is -2.28. The van der Waals surface area contributed by atoms with Crippen molar-refractivity contribution in [3.63, 3.8) is 0 Å². The Balaban J connectivity index is 1.69. The maximum absolute atomic E-state index is 12.4. The number of nitrogens with zero attached hydrogens (tertiary/aromatic N) is 2. The van der Waals surface area contributed by atoms with Gasteiger partial charge in [-0.1, -0.05) is 30.7 Å². The minimum absolute atomic E-state index is 0.0495. The molecule has 2 amide bonds. The second-order valence-corrected chi connectivity index (χ2v) is 6.16. The molecule has 1 aliphatic rings. The van der Waals surface area contributed by atoms with E-state index in [9.17, 15) is 9.59 Å². The number of benzene rings is 1. The fraction of sp³-hybridized carbons (Fsp3) is 0.278. The van der Waals surface area contributed by atoms with Crippen molar-refractivity contribution in [3.8, 4) is 0 Å². The number of aryl methyl sites for hydroxylation is 1. The molecule has 0 saturated carbocycles. The number of amides is 2. The Bertz CT molecular complexity index is 761. The van der Waals surface area contributed by atoms with Gasteiger partial charge in [-0.2, -0.15) is 0 Å². The number of nitrogens with one attached hydrogen (secondary N) is 1. The van der Waals surface area contributed by atoms with Crippen LogP contribution in [0.25, 0.3) is 0 Å². The molecule has 2 heterocycles. The number of hydrogen-bond acceptors (Lipinski definition) is 3. The third kappa shape index (κ3) is 3.41. The molecule has 3 rings (SSSR count). The van der Waals surface area contributed by atoms with Gasteiger partial charge in [-0.05, 0) is 36.2 Å². The lowest BCUT2D eigenvalue weighted by molar-refractivity contribution is -0.122. The van der Waals surface area contributed by atoms with Gasteiger partial charge in [-0.3, -0.25) is 9.59 Å². The van der Waals surface area contributed by atoms with Gasteiger partial charge < -0.3 is 10.2 Å². The van der Waals surface area contributed by atoms with Gasteiger partial charge in [-0.15, -0.1) is 0 Å². The van der Waals surface area contributed by atoms with Gasteiger partial charge >= 0.3 is 0 Å². The van der Waals surface area contributed by atoms with Gasteiger partial charge in [0.25, 0.3) is 0 Å². The number of halogens is 1. The predicted molar refractivity (Wildman–Crippen MR) is 94.2 cm³/mol. The van der Waals surface area contributed by atoms with E-state index in [-0.39, 0.29) is 18.2 Å². The molecule has 1 aliphatic heterocycles. The molecule has 1 saturated heterocycles. The molecule has 1 N–H and O–H groups in total. The summed E-state index contributed by atoms with van der Waals surface area (Å²) in [6.45, 7) is 2.44. The van der Waals surface area contributed by atoms with E-state index in [2.05, 4.69) is 17.2 Å². The van der Waals surface area contributed by atoms with Crippen LogP contribution in [0.5, 0.6) is 0 Å². The molecule has 1 fully saturated rings. The summed E-state index contributed by atoms with van der Waals surface area (Å²) in [6.07, 6.45) is 2.69. The average molecular weight is 344 g/mol. The normalized spacial score (nSPS) is 17.2. The average Bonchev–Trinajstić information content (AvgIpc) is 2.99. The maximum atomic E-state index is 12.4. The summed E-state index contributed by atoms with van der Waals surface area (Å²) >= 11 is 6.00. The van der Waals surface area contributed by atoms with Crippen LogP contribution in [-0.2, 0) is 16.0 Å². The summed E-state index contributed by atoms with van der Waals surface area (Å²) in [5.74, 6) is -0.382. The topological polar surface area (TPSA) is 62.3 Å². The first-order valence-corrected chi connectivity index (χ1v) is 8.27. The van der Waals surface area contributed by atoms with Crippen molar-refractivity contribution < 1.29 is 9.59 Å². The van der Waals surface area contributed by atoms with E-state index in [1.165, 1.54) is 5.56 Å². The van der Waals surface area contributed by atoms with Crippen LogP contribution in [-0.4, -0.2) is 23.3 Å². The van der Waals surface area contributed by atoms with Gasteiger partial charge in [0.05, 0.1) is 10.9 Å². The highest BCUT2D eigenvalue weighted by Crippen LogP contribution is 2.27. The van der Waals surface area contributed by atoms with Gasteiger partial charge in [0.1, 0.15) is 0 Å². The summed E-state index contributed by atoms with van der Waals surface area (Å²) in [4.78, 5) is 30.4. The monoisotopic (exact) mass is 343 g/mol. The van der Waals surface area contributed by atoms with E-state index in [0.717, 1.165) is 12.1 Å². The van der Waals surface area contributed by atoms with Crippen LogP contribution in [0, 0.1) is 5.92 Å². The van der Waals surface area contributed by atoms with E-state index >= 15 is 0 Å². The van der Waals surface area contributed by atoms with Gasteiger partial charge in [0.2, 0.25) is 11.8 Å². The Kier molecular flexibility index (Phi) is 4.81. The van der Waals surface area contributed by atoms with Crippen molar-refractivity contribution in [1.82, 2.24) is 4.98 Å². The van der Waals surface area contributed by atoms with E-state index in [1.54, 1.807) is 23.2 Å². The Hall–Kier alpha value is -2.40. The standard InChI is InChI=1S/C18H18ClN3O2/c1-2-12-5-7-14(8-6-12)22-11-13(10-16(22)23)18(24)21-17-15(19)4-3-9-20-17/h3-9,13H,2,10-11H2,1H3,(H,20,21,24)/t13-/m0/s1. The SMILES string of the molecule is CCc1ccc(N2C[C@@H](C(=O)Nc3ncccc3Cl)CC2=O)cc1. The van der Waals surface area contributed by atoms with Crippen molar-refractivity contribution in [2.75, 3.05) is 16.8 Å². The summed E-state index contributed by atoms with van der Waals surface area (Å²) in [6, 6.07) is 11.2. The molecular weight excluding hydrogens is 326 g/mol. The molecular formula is C18H18ClN3O2. The molecule has 0 aliphatic carbocycles. The number of carbonyl (C=O) groups is 2. The van der Waals surface area contributed by atoms with Crippen molar-refractivity contribution in [1.29, 1.82) is 0 Å². The zero-order chi connectivity index (χ0) is 17.1. The number of hydrogen-bond donors (Lipinski definition) is 1. The van der Waals surface area contributed by atoms with Crippen LogP contribution in [0.1, 0.15) is 18.9 Å². The molecule has 6 heteroatoms. The van der Waals surface area contributed by atoms with Crippen molar-refractivity contribution >= 4 is 34.9 Å². The Morgan fingerprint density at radius 1 is 1.33 bits per heavy atom. The minimum Gasteiger partial charge on any atom is -0.312 e. The van der Waals surface area contributed by atoms with Crippen LogP contribution >= 0.6 is 11.6 Å². The Labute approximate surface area is 145 Å². The van der Waals surface area contributed by atoms with Crippen molar-refractivity contribution in [3.05, 3.63) is 53.2 Å². The Morgan fingerprint density at radius 3 is 2.75 bits per heavy atom. The lowest BCUT2D eigenvalue weighted by Gasteiger charge is -2.17. The number of aromatic nitrogens is 1. The molecule has 0 radical (unpaired) electrons. The molecule has 1 aromatic heterocycles. The van der Waals surface area contributed by atoms with Gasteiger partial charge in [0, 0.05) is 24.8 Å². The lowest BCUT2D eigenvalue weighted by atomic mass is 10.1. The molecule has 124 valence electrons. The highest BCUT2D eigenvalue weighted by Gasteiger charge is 2.35. The number of rotatable bonds is 4. The first kappa shape index (κ1) is 16.5. The summed E-state index contributed by atoms with van der Waals surface area (Å²) in [7, 11) is 0. The molecule has 5 nitrogen and oxygen atoms in total. The van der Waals surface area contributed by atoms with Crippen LogP contribution in [0.3, 0.4) is 0 Å². The van der Waals surface area contributed by atoms with Crippen molar-refractivity contribution in [2.24, 2.45) is 5.92 Å². The molecule has 24 heavy (non-hydrogen) atoms. The second-order valence-electron chi connectivity index (χ2n) is 5.75. The molecule has 1 aromatic carbocycles. The zero-order valence-electron chi connectivity index (χ0n) is 13.3. The third-order valence-corrected chi connectivity index (χ3v) is 4.46. The predicted octanol–water partition coefficient (Wildman–Crippen LogP) is 3.29. The summed E-state index contributed by atoms with van der Waals surface area (Å²) < 4.78 is 0. The van der Waals surface area contributed by atoms with E-state index in [1.807, 2.05) is 24.3 Å². The maximum Gasteiger partial charge on any atom is 0.231 e. The quantitative estimate of drug-likeness (QED) is 0.926. The van der Waals surface area contributed by atoms with Crippen LogP contribution < -0.4 is 10.2 Å². The van der Waals surface area contributed by atoms with Gasteiger partial charge in [-0.25, -0.2) is 4.98 Å². The highest BCUT2D eigenvalue weighted by atomic mass is 35.5. The van der Waals surface area contributed by atoms with E-state index in [4.69, 9.17) is 11.6 Å². The zero-order valence-corrected chi connectivity index (χ0v) is 14.1. The molecule has 0 spiro atoms. The molecule has 2 aromatic rings. The largest absolute Gasteiger partial charge is 0.312 e. The van der Waals surface area contributed by atoms with E-state index < -0.39 is 5.92 Å². The summed E-state index contributed by atoms with van der Waals surface area (Å²) in [5, 5.41) is 3.08. The highest BCUT2D eigenvalue weighted by molar-refractivity contribution is 6.33. The summed E-state index contributed by atoms with van der Waals surface area (Å²) in [5.41, 5.74) is 2.04. The number of pyridine rings is 1. The Morgan fingerprint density at radius 2 is 2.08 bits per heavy atom. The molecule has 1 atom stereocenters. The third-order valence-electron chi connectivity index (χ3n) is 4.15. The fourth-order valence-corrected chi connectivity index (χ4v) is 2.91. The smallest absolute Gasteiger partial charge is 0.231 e. The molecule has 0 bridgehead atoms. The van der Waals surface area contributed by atoms with Gasteiger partial charge in [0.15, 0.2) is 5.82 Å². The number of anilines is 2. The fourth-order valence-electron chi connectivity index (χ4n) is 2.74. The van der Waals surface area contributed by atoms with Crippen LogP contribution in [0.4, 0.5) is 11.5 Å². The first-order valence-electron chi connectivity index (χ1n) is 7.89. The second kappa shape index (κ2) is 7.01. The molecule has 0 unspecified atom stereocenters.